The number of rotatable bonds is 10. The van der Waals surface area contributed by atoms with E-state index in [0.29, 0.717) is 61.6 Å². The van der Waals surface area contributed by atoms with E-state index in [4.69, 9.17) is 4.74 Å². The first-order valence-corrected chi connectivity index (χ1v) is 11.4. The van der Waals surface area contributed by atoms with E-state index in [0.717, 1.165) is 25.1 Å². The van der Waals surface area contributed by atoms with Crippen molar-refractivity contribution in [3.8, 4) is 11.3 Å². The van der Waals surface area contributed by atoms with Crippen LogP contribution in [0.3, 0.4) is 0 Å². The number of hydrogen-bond donors (Lipinski definition) is 1. The van der Waals surface area contributed by atoms with Crippen LogP contribution >= 0.6 is 0 Å². The van der Waals surface area contributed by atoms with Gasteiger partial charge in [0.05, 0.1) is 18.8 Å². The molecule has 0 unspecified atom stereocenters. The zero-order valence-corrected chi connectivity index (χ0v) is 19.0. The number of aromatic nitrogens is 3. The lowest BCUT2D eigenvalue weighted by atomic mass is 10.1. The van der Waals surface area contributed by atoms with E-state index in [1.54, 1.807) is 12.1 Å². The van der Waals surface area contributed by atoms with E-state index in [2.05, 4.69) is 15.3 Å². The van der Waals surface area contributed by atoms with Crippen molar-refractivity contribution < 1.29 is 18.3 Å². The third kappa shape index (κ3) is 5.22. The van der Waals surface area contributed by atoms with Gasteiger partial charge in [0.15, 0.2) is 23.1 Å². The van der Waals surface area contributed by atoms with Crippen molar-refractivity contribution in [2.45, 2.75) is 32.7 Å². The van der Waals surface area contributed by atoms with Crippen LogP contribution in [0, 0.1) is 11.6 Å². The summed E-state index contributed by atoms with van der Waals surface area (Å²) in [5.74, 6) is -1.55. The van der Waals surface area contributed by atoms with Crippen LogP contribution < -0.4 is 10.9 Å². The Hall–Kier alpha value is -3.40. The van der Waals surface area contributed by atoms with Crippen LogP contribution in [0.15, 0.2) is 35.1 Å². The largest absolute Gasteiger partial charge is 0.380 e. The molecule has 4 rings (SSSR count). The van der Waals surface area contributed by atoms with E-state index < -0.39 is 11.6 Å². The van der Waals surface area contributed by atoms with Gasteiger partial charge in [-0.2, -0.15) is 0 Å². The molecule has 1 fully saturated rings. The van der Waals surface area contributed by atoms with Gasteiger partial charge in [0.1, 0.15) is 5.52 Å². The Labute approximate surface area is 195 Å². The summed E-state index contributed by atoms with van der Waals surface area (Å²) in [6, 6.07) is 6.90. The number of fused-ring (bicyclic) bond motifs is 1. The third-order valence-corrected chi connectivity index (χ3v) is 5.74. The molecular formula is C24H27F2N5O3. The second-order valence-corrected chi connectivity index (χ2v) is 8.05. The number of carbonyl (C=O) groups is 1. The van der Waals surface area contributed by atoms with Gasteiger partial charge in [-0.3, -0.25) is 14.2 Å². The minimum absolute atomic E-state index is 0.171. The Balaban J connectivity index is 1.60. The number of hydrogen-bond acceptors (Lipinski definition) is 6. The summed E-state index contributed by atoms with van der Waals surface area (Å²) in [5.41, 5.74) is 1.26. The first-order valence-electron chi connectivity index (χ1n) is 11.4. The maximum Gasteiger partial charge on any atom is 0.295 e. The summed E-state index contributed by atoms with van der Waals surface area (Å²) in [6.07, 6.45) is 2.18. The highest BCUT2D eigenvalue weighted by Crippen LogP contribution is 2.22. The molecule has 0 saturated carbocycles. The summed E-state index contributed by atoms with van der Waals surface area (Å²) in [4.78, 5) is 35.8. The molecule has 1 amide bonds. The van der Waals surface area contributed by atoms with Gasteiger partial charge in [-0.05, 0) is 50.1 Å². The molecule has 3 aromatic rings. The zero-order chi connectivity index (χ0) is 24.1. The number of pyridine rings is 1. The summed E-state index contributed by atoms with van der Waals surface area (Å²) < 4.78 is 34.0. The number of anilines is 1. The monoisotopic (exact) mass is 471 g/mol. The molecule has 1 aliphatic heterocycles. The number of likely N-dealkylation sites (tertiary alicyclic amines) is 1. The molecular weight excluding hydrogens is 444 g/mol. The maximum atomic E-state index is 13.7. The highest BCUT2D eigenvalue weighted by atomic mass is 19.2. The molecule has 3 heterocycles. The molecule has 10 heteroatoms. The molecule has 0 aliphatic carbocycles. The van der Waals surface area contributed by atoms with Crippen molar-refractivity contribution in [3.05, 3.63) is 52.3 Å². The standard InChI is InChI=1S/C24H27F2N5O3/c1-2-34-14-13-31-23-20(9-8-19(29-23)16-6-7-17(25)18(26)15-16)28-22(24(31)33)27-10-4-12-30-11-3-5-21(30)32/h6-9,15H,2-5,10-14H2,1H3,(H,27,28). The lowest BCUT2D eigenvalue weighted by molar-refractivity contribution is -0.127. The van der Waals surface area contributed by atoms with Gasteiger partial charge >= 0.3 is 0 Å². The lowest BCUT2D eigenvalue weighted by Gasteiger charge is -2.16. The molecule has 0 radical (unpaired) electrons. The molecule has 1 aliphatic rings. The van der Waals surface area contributed by atoms with Gasteiger partial charge in [-0.1, -0.05) is 0 Å². The van der Waals surface area contributed by atoms with Crippen molar-refractivity contribution in [2.24, 2.45) is 0 Å². The van der Waals surface area contributed by atoms with Crippen LogP contribution in [-0.4, -0.2) is 58.2 Å². The van der Waals surface area contributed by atoms with E-state index in [-0.39, 0.29) is 23.8 Å². The SMILES string of the molecule is CCOCCn1c(=O)c(NCCCN2CCCC2=O)nc2ccc(-c3ccc(F)c(F)c3)nc21. The van der Waals surface area contributed by atoms with Gasteiger partial charge in [-0.25, -0.2) is 18.7 Å². The average Bonchev–Trinajstić information content (AvgIpc) is 3.24. The van der Waals surface area contributed by atoms with Crippen molar-refractivity contribution in [1.29, 1.82) is 0 Å². The van der Waals surface area contributed by atoms with Gasteiger partial charge < -0.3 is 15.0 Å². The van der Waals surface area contributed by atoms with Gasteiger partial charge in [0.2, 0.25) is 5.91 Å². The molecule has 0 atom stereocenters. The van der Waals surface area contributed by atoms with Crippen LogP contribution in [0.25, 0.3) is 22.4 Å². The summed E-state index contributed by atoms with van der Waals surface area (Å²) in [6.45, 7) is 4.85. The number of nitrogens with zero attached hydrogens (tertiary/aromatic N) is 4. The van der Waals surface area contributed by atoms with Crippen molar-refractivity contribution in [2.75, 3.05) is 38.2 Å². The van der Waals surface area contributed by atoms with E-state index >= 15 is 0 Å². The smallest absolute Gasteiger partial charge is 0.295 e. The maximum absolute atomic E-state index is 13.7. The molecule has 2 aromatic heterocycles. The minimum Gasteiger partial charge on any atom is -0.380 e. The highest BCUT2D eigenvalue weighted by Gasteiger charge is 2.19. The number of nitrogens with one attached hydrogen (secondary N) is 1. The summed E-state index contributed by atoms with van der Waals surface area (Å²) in [7, 11) is 0. The predicted octanol–water partition coefficient (Wildman–Crippen LogP) is 3.20. The fourth-order valence-electron chi connectivity index (χ4n) is 3.98. The summed E-state index contributed by atoms with van der Waals surface area (Å²) >= 11 is 0. The molecule has 8 nitrogen and oxygen atoms in total. The van der Waals surface area contributed by atoms with Crippen molar-refractivity contribution >= 4 is 22.9 Å². The number of ether oxygens (including phenoxy) is 1. The van der Waals surface area contributed by atoms with Crippen LogP contribution in [0.1, 0.15) is 26.2 Å². The number of halogens is 2. The van der Waals surface area contributed by atoms with Crippen LogP contribution in [-0.2, 0) is 16.1 Å². The fourth-order valence-corrected chi connectivity index (χ4v) is 3.98. The topological polar surface area (TPSA) is 89.4 Å². The minimum atomic E-state index is -0.971. The van der Waals surface area contributed by atoms with Crippen molar-refractivity contribution in [3.63, 3.8) is 0 Å². The van der Waals surface area contributed by atoms with Gasteiger partial charge in [0, 0.05) is 38.2 Å². The Kier molecular flexibility index (Phi) is 7.46. The fraction of sp³-hybridized carbons (Fsp3) is 0.417. The number of carbonyl (C=O) groups excluding carboxylic acids is 1. The highest BCUT2D eigenvalue weighted by molar-refractivity contribution is 5.78. The second kappa shape index (κ2) is 10.7. The van der Waals surface area contributed by atoms with Crippen molar-refractivity contribution in [1.82, 2.24) is 19.4 Å². The van der Waals surface area contributed by atoms with Crippen LogP contribution in [0.2, 0.25) is 0 Å². The van der Waals surface area contributed by atoms with Gasteiger partial charge in [0.25, 0.3) is 5.56 Å². The molecule has 180 valence electrons. The van der Waals surface area contributed by atoms with Crippen LogP contribution in [0.5, 0.6) is 0 Å². The second-order valence-electron chi connectivity index (χ2n) is 8.05. The molecule has 0 spiro atoms. The van der Waals surface area contributed by atoms with E-state index in [1.807, 2.05) is 11.8 Å². The lowest BCUT2D eigenvalue weighted by Crippen LogP contribution is -2.30. The molecule has 0 bridgehead atoms. The van der Waals surface area contributed by atoms with E-state index in [9.17, 15) is 18.4 Å². The molecule has 1 aromatic carbocycles. The Morgan fingerprint density at radius 3 is 2.68 bits per heavy atom. The van der Waals surface area contributed by atoms with Gasteiger partial charge in [-0.15, -0.1) is 0 Å². The molecule has 1 N–H and O–H groups in total. The summed E-state index contributed by atoms with van der Waals surface area (Å²) in [5, 5.41) is 3.09. The quantitative estimate of drug-likeness (QED) is 0.457. The predicted molar refractivity (Wildman–Crippen MR) is 125 cm³/mol. The van der Waals surface area contributed by atoms with Crippen LogP contribution in [0.4, 0.5) is 14.6 Å². The average molecular weight is 472 g/mol. The first kappa shape index (κ1) is 23.7. The van der Waals surface area contributed by atoms with E-state index in [1.165, 1.54) is 10.6 Å². The Morgan fingerprint density at radius 2 is 1.94 bits per heavy atom. The Bertz CT molecular complexity index is 1250. The number of amides is 1. The third-order valence-electron chi connectivity index (χ3n) is 5.74. The Morgan fingerprint density at radius 1 is 1.09 bits per heavy atom. The normalized spacial score (nSPS) is 13.7. The first-order chi connectivity index (χ1) is 16.5. The number of benzene rings is 1. The molecule has 1 saturated heterocycles. The zero-order valence-electron chi connectivity index (χ0n) is 19.0. The molecule has 34 heavy (non-hydrogen) atoms.